The van der Waals surface area contributed by atoms with E-state index < -0.39 is 10.0 Å². The van der Waals surface area contributed by atoms with Crippen molar-refractivity contribution in [2.24, 2.45) is 0 Å². The molecule has 6 nitrogen and oxygen atoms in total. The molecule has 0 spiro atoms. The minimum atomic E-state index is -3.50. The van der Waals surface area contributed by atoms with Crippen LogP contribution in [0.5, 0.6) is 0 Å². The third-order valence-corrected chi connectivity index (χ3v) is 6.98. The van der Waals surface area contributed by atoms with Crippen LogP contribution < -0.4 is 10.6 Å². The molecule has 0 aliphatic carbocycles. The summed E-state index contributed by atoms with van der Waals surface area (Å²) >= 11 is 6.01. The molecule has 8 heteroatoms. The number of sulfonamides is 1. The van der Waals surface area contributed by atoms with Crippen molar-refractivity contribution < 1.29 is 18.5 Å². The molecule has 1 saturated heterocycles. The Morgan fingerprint density at radius 3 is 2.61 bits per heavy atom. The molecule has 1 heterocycles. The van der Waals surface area contributed by atoms with E-state index in [2.05, 4.69) is 5.32 Å². The summed E-state index contributed by atoms with van der Waals surface area (Å²) in [7, 11) is -3.50. The van der Waals surface area contributed by atoms with Gasteiger partial charge in [0.15, 0.2) is 6.54 Å². The number of halogens is 1. The Morgan fingerprint density at radius 2 is 1.89 bits per heavy atom. The second-order valence-electron chi connectivity index (χ2n) is 6.97. The van der Waals surface area contributed by atoms with E-state index in [1.54, 1.807) is 18.2 Å². The molecule has 0 bridgehead atoms. The average Bonchev–Trinajstić information content (AvgIpc) is 3.22. The van der Waals surface area contributed by atoms with Crippen molar-refractivity contribution >= 4 is 33.2 Å². The Bertz CT molecular complexity index is 943. The number of nitrogens with one attached hydrogen (secondary N) is 1. The van der Waals surface area contributed by atoms with Crippen LogP contribution in [0.25, 0.3) is 0 Å². The number of amides is 1. The number of anilines is 1. The quantitative estimate of drug-likeness (QED) is 0.718. The largest absolute Gasteiger partial charge is 0.333 e. The normalized spacial score (nSPS) is 16.1. The highest BCUT2D eigenvalue weighted by atomic mass is 35.5. The van der Waals surface area contributed by atoms with Crippen LogP contribution in [-0.4, -0.2) is 38.3 Å². The first-order chi connectivity index (χ1) is 13.4. The lowest BCUT2D eigenvalue weighted by Crippen LogP contribution is -2.86. The van der Waals surface area contributed by atoms with Gasteiger partial charge < -0.3 is 10.6 Å². The zero-order chi connectivity index (χ0) is 20.1. The molecule has 3 rings (SSSR count). The van der Waals surface area contributed by atoms with E-state index in [1.165, 1.54) is 10.4 Å². The minimum absolute atomic E-state index is 0.0753. The van der Waals surface area contributed by atoms with Crippen LogP contribution in [0.4, 0.5) is 5.69 Å². The third kappa shape index (κ3) is 5.11. The molecular formula is C20H25ClN3O3S+. The molecule has 28 heavy (non-hydrogen) atoms. The summed E-state index contributed by atoms with van der Waals surface area (Å²) in [5.41, 5.74) is 1.52. The van der Waals surface area contributed by atoms with Crippen molar-refractivity contribution in [3.05, 3.63) is 59.1 Å². The van der Waals surface area contributed by atoms with Crippen LogP contribution in [0, 0.1) is 0 Å². The van der Waals surface area contributed by atoms with E-state index in [1.807, 2.05) is 36.5 Å². The second kappa shape index (κ2) is 9.05. The van der Waals surface area contributed by atoms with E-state index in [0.717, 1.165) is 18.4 Å². The van der Waals surface area contributed by atoms with Gasteiger partial charge in [-0.05, 0) is 50.1 Å². The highest BCUT2D eigenvalue weighted by Gasteiger charge is 2.27. The first-order valence-electron chi connectivity index (χ1n) is 9.35. The Labute approximate surface area is 170 Å². The van der Waals surface area contributed by atoms with Crippen molar-refractivity contribution in [3.63, 3.8) is 0 Å². The van der Waals surface area contributed by atoms with E-state index in [9.17, 15) is 13.2 Å². The maximum atomic E-state index is 12.7. The SMILES string of the molecule is C[C@H]([NH2+]CC(=O)Nc1cccc(S(=O)(=O)N2CCCC2)c1)c1cccc(Cl)c1. The van der Waals surface area contributed by atoms with Crippen LogP contribution in [0.3, 0.4) is 0 Å². The fraction of sp³-hybridized carbons (Fsp3) is 0.350. The van der Waals surface area contributed by atoms with Gasteiger partial charge in [0, 0.05) is 29.4 Å². The molecule has 150 valence electrons. The monoisotopic (exact) mass is 422 g/mol. The number of hydrogen-bond acceptors (Lipinski definition) is 3. The van der Waals surface area contributed by atoms with Crippen molar-refractivity contribution in [2.75, 3.05) is 25.0 Å². The molecule has 0 radical (unpaired) electrons. The van der Waals surface area contributed by atoms with Gasteiger partial charge in [-0.1, -0.05) is 29.8 Å². The number of nitrogens with zero attached hydrogens (tertiary/aromatic N) is 1. The summed E-state index contributed by atoms with van der Waals surface area (Å²) in [6.07, 6.45) is 1.77. The lowest BCUT2D eigenvalue weighted by atomic mass is 10.1. The fourth-order valence-electron chi connectivity index (χ4n) is 3.23. The van der Waals surface area contributed by atoms with E-state index in [-0.39, 0.29) is 23.4 Å². The Balaban J connectivity index is 1.60. The Morgan fingerprint density at radius 1 is 1.18 bits per heavy atom. The van der Waals surface area contributed by atoms with Gasteiger partial charge in [-0.15, -0.1) is 0 Å². The minimum Gasteiger partial charge on any atom is -0.333 e. The molecular weight excluding hydrogens is 398 g/mol. The van der Waals surface area contributed by atoms with Gasteiger partial charge in [-0.25, -0.2) is 8.42 Å². The summed E-state index contributed by atoms with van der Waals surface area (Å²) in [4.78, 5) is 12.5. The predicted molar refractivity (Wildman–Crippen MR) is 110 cm³/mol. The molecule has 2 aromatic rings. The number of hydrogen-bond donors (Lipinski definition) is 2. The summed E-state index contributed by atoms with van der Waals surface area (Å²) < 4.78 is 26.8. The molecule has 2 aromatic carbocycles. The molecule has 1 fully saturated rings. The van der Waals surface area contributed by atoms with Gasteiger partial charge in [0.2, 0.25) is 10.0 Å². The number of quaternary nitrogens is 1. The molecule has 1 aliphatic rings. The maximum absolute atomic E-state index is 12.7. The van der Waals surface area contributed by atoms with Crippen LogP contribution in [0.1, 0.15) is 31.4 Å². The highest BCUT2D eigenvalue weighted by Crippen LogP contribution is 2.23. The van der Waals surface area contributed by atoms with Gasteiger partial charge >= 0.3 is 0 Å². The Kier molecular flexibility index (Phi) is 6.72. The van der Waals surface area contributed by atoms with E-state index in [4.69, 9.17) is 11.6 Å². The van der Waals surface area contributed by atoms with E-state index >= 15 is 0 Å². The lowest BCUT2D eigenvalue weighted by Gasteiger charge is -2.16. The standard InChI is InChI=1S/C20H24ClN3O3S/c1-15(16-6-4-7-17(21)12-16)22-14-20(25)23-18-8-5-9-19(13-18)28(26,27)24-10-2-3-11-24/h4-9,12-13,15,22H,2-3,10-11,14H2,1H3,(H,23,25)/p+1/t15-/m0/s1. The van der Waals surface area contributed by atoms with Gasteiger partial charge in [0.25, 0.3) is 5.91 Å². The van der Waals surface area contributed by atoms with Crippen LogP contribution in [0.2, 0.25) is 5.02 Å². The zero-order valence-corrected chi connectivity index (χ0v) is 17.3. The van der Waals surface area contributed by atoms with Crippen molar-refractivity contribution in [3.8, 4) is 0 Å². The van der Waals surface area contributed by atoms with Gasteiger partial charge in [-0.2, -0.15) is 4.31 Å². The van der Waals surface area contributed by atoms with Crippen molar-refractivity contribution in [1.29, 1.82) is 0 Å². The van der Waals surface area contributed by atoms with Crippen molar-refractivity contribution in [1.82, 2.24) is 4.31 Å². The number of carbonyl (C=O) groups excluding carboxylic acids is 1. The summed E-state index contributed by atoms with van der Waals surface area (Å²) in [5, 5.41) is 5.36. The van der Waals surface area contributed by atoms with Crippen LogP contribution >= 0.6 is 11.6 Å². The molecule has 0 aromatic heterocycles. The molecule has 3 N–H and O–H groups in total. The first-order valence-corrected chi connectivity index (χ1v) is 11.2. The molecule has 0 unspecified atom stereocenters. The molecule has 1 atom stereocenters. The average molecular weight is 423 g/mol. The summed E-state index contributed by atoms with van der Waals surface area (Å²) in [6.45, 7) is 3.32. The topological polar surface area (TPSA) is 83.1 Å². The lowest BCUT2D eigenvalue weighted by molar-refractivity contribution is -0.682. The number of benzene rings is 2. The number of nitrogens with two attached hydrogens (primary N) is 1. The summed E-state index contributed by atoms with van der Waals surface area (Å²) in [5.74, 6) is -0.190. The maximum Gasteiger partial charge on any atom is 0.279 e. The predicted octanol–water partition coefficient (Wildman–Crippen LogP) is 2.39. The van der Waals surface area contributed by atoms with Gasteiger partial charge in [0.05, 0.1) is 4.90 Å². The number of carbonyl (C=O) groups is 1. The molecule has 0 saturated carbocycles. The summed E-state index contributed by atoms with van der Waals surface area (Å²) in [6, 6.07) is 14.1. The van der Waals surface area contributed by atoms with Crippen LogP contribution in [-0.2, 0) is 14.8 Å². The molecule has 1 aliphatic heterocycles. The van der Waals surface area contributed by atoms with Crippen molar-refractivity contribution in [2.45, 2.75) is 30.7 Å². The Hall–Kier alpha value is -1.93. The fourth-order valence-corrected chi connectivity index (χ4v) is 5.00. The number of rotatable bonds is 7. The van der Waals surface area contributed by atoms with Crippen LogP contribution in [0.15, 0.2) is 53.4 Å². The highest BCUT2D eigenvalue weighted by molar-refractivity contribution is 7.89. The molecule has 1 amide bonds. The first kappa shape index (κ1) is 20.8. The zero-order valence-electron chi connectivity index (χ0n) is 15.8. The van der Waals surface area contributed by atoms with Gasteiger partial charge in [-0.3, -0.25) is 4.79 Å². The van der Waals surface area contributed by atoms with E-state index in [0.29, 0.717) is 23.8 Å². The van der Waals surface area contributed by atoms with Gasteiger partial charge in [0.1, 0.15) is 6.04 Å². The second-order valence-corrected chi connectivity index (χ2v) is 9.35. The third-order valence-electron chi connectivity index (χ3n) is 4.85. The smallest absolute Gasteiger partial charge is 0.279 e.